The van der Waals surface area contributed by atoms with Crippen LogP contribution in [0.15, 0.2) is 12.5 Å². The minimum atomic E-state index is 0.548. The van der Waals surface area contributed by atoms with Crippen molar-refractivity contribution in [2.24, 2.45) is 5.92 Å². The Balaban J connectivity index is 1.80. The summed E-state index contributed by atoms with van der Waals surface area (Å²) < 4.78 is 0. The van der Waals surface area contributed by atoms with Crippen LogP contribution in [0.25, 0.3) is 0 Å². The van der Waals surface area contributed by atoms with E-state index in [0.717, 1.165) is 5.92 Å². The van der Waals surface area contributed by atoms with Crippen molar-refractivity contribution in [2.45, 2.75) is 45.1 Å². The summed E-state index contributed by atoms with van der Waals surface area (Å²) in [5.74, 6) is 0.970. The second-order valence-electron chi connectivity index (χ2n) is 5.54. The zero-order valence-corrected chi connectivity index (χ0v) is 10.6. The predicted octanol–water partition coefficient (Wildman–Crippen LogP) is 2.72. The number of piperidine rings is 1. The summed E-state index contributed by atoms with van der Waals surface area (Å²) in [5, 5.41) is 0. The average Bonchev–Trinajstić information content (AvgIpc) is 3.15. The van der Waals surface area contributed by atoms with Crippen LogP contribution < -0.4 is 0 Å². The number of aromatic nitrogens is 2. The van der Waals surface area contributed by atoms with Crippen molar-refractivity contribution in [3.05, 3.63) is 23.8 Å². The molecule has 1 aromatic rings. The van der Waals surface area contributed by atoms with Crippen molar-refractivity contribution in [1.82, 2.24) is 14.9 Å². The standard InChI is InChI=1S/C14H21N3/c1-11-8-15-10-16-14(11)13-4-2-3-7-17(13)9-12-5-6-12/h8,10,12-13H,2-7,9H2,1H3/t13-/m1/s1. The topological polar surface area (TPSA) is 29.0 Å². The molecule has 3 rings (SSSR count). The first-order chi connectivity index (χ1) is 8.34. The molecule has 2 fully saturated rings. The Hall–Kier alpha value is -0.960. The van der Waals surface area contributed by atoms with Gasteiger partial charge in [0, 0.05) is 12.7 Å². The highest BCUT2D eigenvalue weighted by molar-refractivity contribution is 5.18. The normalized spacial score (nSPS) is 26.1. The number of aryl methyl sites for hydroxylation is 1. The minimum absolute atomic E-state index is 0.548. The highest BCUT2D eigenvalue weighted by Gasteiger charge is 2.31. The Kier molecular flexibility index (Phi) is 3.10. The van der Waals surface area contributed by atoms with Crippen molar-refractivity contribution in [3.63, 3.8) is 0 Å². The third kappa shape index (κ3) is 2.49. The number of hydrogen-bond donors (Lipinski definition) is 0. The predicted molar refractivity (Wildman–Crippen MR) is 67.7 cm³/mol. The zero-order valence-electron chi connectivity index (χ0n) is 10.6. The van der Waals surface area contributed by atoms with E-state index in [4.69, 9.17) is 0 Å². The molecule has 1 saturated carbocycles. The van der Waals surface area contributed by atoms with E-state index in [-0.39, 0.29) is 0 Å². The fourth-order valence-electron chi connectivity index (χ4n) is 2.91. The highest BCUT2D eigenvalue weighted by Crippen LogP contribution is 2.36. The maximum Gasteiger partial charge on any atom is 0.115 e. The summed E-state index contributed by atoms with van der Waals surface area (Å²) in [6.45, 7) is 4.68. The molecule has 1 aliphatic heterocycles. The zero-order chi connectivity index (χ0) is 11.7. The van der Waals surface area contributed by atoms with Gasteiger partial charge in [0.2, 0.25) is 0 Å². The summed E-state index contributed by atoms with van der Waals surface area (Å²) in [6, 6.07) is 0.548. The van der Waals surface area contributed by atoms with Crippen LogP contribution in [0.2, 0.25) is 0 Å². The molecule has 0 aromatic carbocycles. The molecule has 3 heteroatoms. The molecule has 0 spiro atoms. The summed E-state index contributed by atoms with van der Waals surface area (Å²) in [6.07, 6.45) is 10.5. The van der Waals surface area contributed by atoms with Crippen molar-refractivity contribution in [2.75, 3.05) is 13.1 Å². The van der Waals surface area contributed by atoms with E-state index in [1.807, 2.05) is 6.20 Å². The lowest BCUT2D eigenvalue weighted by Gasteiger charge is -2.36. The molecular formula is C14H21N3. The average molecular weight is 231 g/mol. The van der Waals surface area contributed by atoms with Gasteiger partial charge in [-0.3, -0.25) is 4.90 Å². The molecule has 3 nitrogen and oxygen atoms in total. The lowest BCUT2D eigenvalue weighted by Crippen LogP contribution is -2.35. The first-order valence-electron chi connectivity index (χ1n) is 6.85. The highest BCUT2D eigenvalue weighted by atomic mass is 15.2. The Labute approximate surface area is 103 Å². The van der Waals surface area contributed by atoms with Crippen LogP contribution in [0.1, 0.15) is 49.4 Å². The molecule has 0 bridgehead atoms. The van der Waals surface area contributed by atoms with Crippen LogP contribution >= 0.6 is 0 Å². The Morgan fingerprint density at radius 2 is 2.18 bits per heavy atom. The molecular weight excluding hydrogens is 210 g/mol. The second kappa shape index (κ2) is 4.73. The maximum atomic E-state index is 4.53. The second-order valence-corrected chi connectivity index (χ2v) is 5.54. The quantitative estimate of drug-likeness (QED) is 0.801. The molecule has 0 radical (unpaired) electrons. The lowest BCUT2D eigenvalue weighted by molar-refractivity contribution is 0.138. The van der Waals surface area contributed by atoms with Crippen molar-refractivity contribution in [3.8, 4) is 0 Å². The van der Waals surface area contributed by atoms with E-state index in [1.165, 1.54) is 56.5 Å². The lowest BCUT2D eigenvalue weighted by atomic mass is 9.96. The summed E-state index contributed by atoms with van der Waals surface area (Å²) in [5.41, 5.74) is 2.51. The SMILES string of the molecule is Cc1cncnc1[C@H]1CCCCN1CC1CC1. The van der Waals surface area contributed by atoms with Gasteiger partial charge in [-0.2, -0.15) is 0 Å². The first-order valence-corrected chi connectivity index (χ1v) is 6.85. The Morgan fingerprint density at radius 3 is 2.94 bits per heavy atom. The maximum absolute atomic E-state index is 4.53. The summed E-state index contributed by atoms with van der Waals surface area (Å²) in [4.78, 5) is 11.3. The van der Waals surface area contributed by atoms with Crippen LogP contribution in [-0.2, 0) is 0 Å². The molecule has 0 N–H and O–H groups in total. The third-order valence-electron chi connectivity index (χ3n) is 4.05. The number of nitrogens with zero attached hydrogens (tertiary/aromatic N) is 3. The smallest absolute Gasteiger partial charge is 0.115 e. The number of hydrogen-bond acceptors (Lipinski definition) is 3. The fourth-order valence-corrected chi connectivity index (χ4v) is 2.91. The minimum Gasteiger partial charge on any atom is -0.294 e. The largest absolute Gasteiger partial charge is 0.294 e. The van der Waals surface area contributed by atoms with Gasteiger partial charge in [-0.1, -0.05) is 6.42 Å². The van der Waals surface area contributed by atoms with Gasteiger partial charge in [-0.15, -0.1) is 0 Å². The first kappa shape index (κ1) is 11.1. The van der Waals surface area contributed by atoms with Crippen molar-refractivity contribution < 1.29 is 0 Å². The van der Waals surface area contributed by atoms with Gasteiger partial charge in [-0.05, 0) is 50.6 Å². The van der Waals surface area contributed by atoms with E-state index in [2.05, 4.69) is 21.8 Å². The molecule has 17 heavy (non-hydrogen) atoms. The Bertz CT molecular complexity index is 387. The fraction of sp³-hybridized carbons (Fsp3) is 0.714. The van der Waals surface area contributed by atoms with Crippen LogP contribution in [0.5, 0.6) is 0 Å². The van der Waals surface area contributed by atoms with Crippen molar-refractivity contribution >= 4 is 0 Å². The van der Waals surface area contributed by atoms with Gasteiger partial charge in [0.05, 0.1) is 11.7 Å². The van der Waals surface area contributed by atoms with Gasteiger partial charge in [0.25, 0.3) is 0 Å². The van der Waals surface area contributed by atoms with Crippen LogP contribution in [0.3, 0.4) is 0 Å². The van der Waals surface area contributed by atoms with E-state index in [0.29, 0.717) is 6.04 Å². The Morgan fingerprint density at radius 1 is 1.29 bits per heavy atom. The van der Waals surface area contributed by atoms with E-state index < -0.39 is 0 Å². The monoisotopic (exact) mass is 231 g/mol. The molecule has 1 atom stereocenters. The van der Waals surface area contributed by atoms with Crippen molar-refractivity contribution in [1.29, 1.82) is 0 Å². The number of likely N-dealkylation sites (tertiary alicyclic amines) is 1. The third-order valence-corrected chi connectivity index (χ3v) is 4.05. The molecule has 1 aromatic heterocycles. The molecule has 2 aliphatic rings. The van der Waals surface area contributed by atoms with Gasteiger partial charge < -0.3 is 0 Å². The van der Waals surface area contributed by atoms with E-state index in [9.17, 15) is 0 Å². The van der Waals surface area contributed by atoms with Crippen LogP contribution in [-0.4, -0.2) is 28.0 Å². The summed E-state index contributed by atoms with van der Waals surface area (Å²) >= 11 is 0. The molecule has 0 unspecified atom stereocenters. The molecule has 1 saturated heterocycles. The van der Waals surface area contributed by atoms with Gasteiger partial charge in [0.1, 0.15) is 6.33 Å². The van der Waals surface area contributed by atoms with Gasteiger partial charge in [-0.25, -0.2) is 9.97 Å². The van der Waals surface area contributed by atoms with Crippen LogP contribution in [0.4, 0.5) is 0 Å². The molecule has 1 aliphatic carbocycles. The molecule has 92 valence electrons. The number of rotatable bonds is 3. The van der Waals surface area contributed by atoms with E-state index in [1.54, 1.807) is 6.33 Å². The van der Waals surface area contributed by atoms with Gasteiger partial charge in [0.15, 0.2) is 0 Å². The summed E-state index contributed by atoms with van der Waals surface area (Å²) in [7, 11) is 0. The molecule has 0 amide bonds. The van der Waals surface area contributed by atoms with E-state index >= 15 is 0 Å². The van der Waals surface area contributed by atoms with Crippen LogP contribution in [0, 0.1) is 12.8 Å². The molecule has 2 heterocycles. The van der Waals surface area contributed by atoms with Gasteiger partial charge >= 0.3 is 0 Å².